The number of anilines is 1. The van der Waals surface area contributed by atoms with E-state index in [2.05, 4.69) is 181 Å². The van der Waals surface area contributed by atoms with Gasteiger partial charge in [0.1, 0.15) is 0 Å². The minimum atomic E-state index is -0.231. The highest BCUT2D eigenvalue weighted by Gasteiger charge is 2.39. The molecule has 0 aromatic heterocycles. The molecule has 0 unspecified atom stereocenters. The summed E-state index contributed by atoms with van der Waals surface area (Å²) < 4.78 is 0. The number of rotatable bonds is 8. The Kier molecular flexibility index (Phi) is 9.33. The molecule has 0 N–H and O–H groups in total. The number of hydrogen-bond acceptors (Lipinski definition) is 2. The van der Waals surface area contributed by atoms with Crippen LogP contribution in [0.1, 0.15) is 69.2 Å². The van der Waals surface area contributed by atoms with Crippen LogP contribution in [0.3, 0.4) is 0 Å². The molecule has 256 valence electrons. The van der Waals surface area contributed by atoms with Gasteiger partial charge < -0.3 is 4.90 Å². The smallest absolute Gasteiger partial charge is 0.0454 e. The van der Waals surface area contributed by atoms with Crippen molar-refractivity contribution in [1.82, 2.24) is 0 Å². The molecule has 1 nitrogen and oxygen atoms in total. The molecule has 5 aromatic rings. The van der Waals surface area contributed by atoms with Crippen LogP contribution in [0.5, 0.6) is 0 Å². The second-order valence-electron chi connectivity index (χ2n) is 15.2. The van der Waals surface area contributed by atoms with Gasteiger partial charge in [0.05, 0.1) is 0 Å². The summed E-state index contributed by atoms with van der Waals surface area (Å²) in [7, 11) is 2.22. The Labute approximate surface area is 309 Å². The lowest BCUT2D eigenvalue weighted by atomic mass is 9.74. The number of thioether (sulfide) groups is 1. The van der Waals surface area contributed by atoms with Crippen molar-refractivity contribution in [3.63, 3.8) is 0 Å². The van der Waals surface area contributed by atoms with E-state index in [-0.39, 0.29) is 10.8 Å². The maximum absolute atomic E-state index is 4.68. The number of allylic oxidation sites excluding steroid dienone is 8. The first-order chi connectivity index (χ1) is 24.5. The maximum atomic E-state index is 4.68. The van der Waals surface area contributed by atoms with Crippen molar-refractivity contribution in [2.75, 3.05) is 11.9 Å². The van der Waals surface area contributed by atoms with Crippen molar-refractivity contribution < 1.29 is 0 Å². The van der Waals surface area contributed by atoms with E-state index in [0.29, 0.717) is 0 Å². The van der Waals surface area contributed by atoms with Gasteiger partial charge in [0.2, 0.25) is 0 Å². The minimum Gasteiger partial charge on any atom is -0.347 e. The molecule has 0 radical (unpaired) electrons. The first-order valence-electron chi connectivity index (χ1n) is 18.2. The highest BCUT2D eigenvalue weighted by Crippen LogP contribution is 2.50. The van der Waals surface area contributed by atoms with Crippen molar-refractivity contribution >= 4 is 45.1 Å². The molecule has 0 amide bonds. The lowest BCUT2D eigenvalue weighted by Gasteiger charge is -2.30. The fourth-order valence-corrected chi connectivity index (χ4v) is 9.41. The molecular weight excluding hydrogens is 635 g/mol. The molecule has 0 atom stereocenters. The Morgan fingerprint density at radius 1 is 0.824 bits per heavy atom. The number of nitrogens with zero attached hydrogens (tertiary/aromatic N) is 1. The number of likely N-dealkylation sites (N-methyl/N-ethyl adjacent to an activating group) is 1. The summed E-state index contributed by atoms with van der Waals surface area (Å²) in [6, 6.07) is 35.3. The lowest BCUT2D eigenvalue weighted by molar-refractivity contribution is 0.643. The molecule has 1 aliphatic carbocycles. The largest absolute Gasteiger partial charge is 0.347 e. The van der Waals surface area contributed by atoms with E-state index in [1.165, 1.54) is 70.6 Å². The highest BCUT2D eigenvalue weighted by atomic mass is 32.2. The van der Waals surface area contributed by atoms with Gasteiger partial charge in [0.15, 0.2) is 0 Å². The Morgan fingerprint density at radius 3 is 2.22 bits per heavy atom. The molecule has 2 heteroatoms. The molecule has 7 rings (SSSR count). The predicted octanol–water partition coefficient (Wildman–Crippen LogP) is 13.8. The van der Waals surface area contributed by atoms with Crippen LogP contribution in [0.15, 0.2) is 167 Å². The summed E-state index contributed by atoms with van der Waals surface area (Å²) in [6.07, 6.45) is 14.6. The van der Waals surface area contributed by atoms with Gasteiger partial charge in [-0.25, -0.2) is 0 Å². The molecule has 51 heavy (non-hydrogen) atoms. The van der Waals surface area contributed by atoms with E-state index < -0.39 is 0 Å². The van der Waals surface area contributed by atoms with E-state index in [9.17, 15) is 0 Å². The zero-order valence-electron chi connectivity index (χ0n) is 31.0. The van der Waals surface area contributed by atoms with Gasteiger partial charge in [0.25, 0.3) is 0 Å². The summed E-state index contributed by atoms with van der Waals surface area (Å²) in [4.78, 5) is 4.99. The first-order valence-corrected chi connectivity index (χ1v) is 19.0. The summed E-state index contributed by atoms with van der Waals surface area (Å²) in [5, 5.41) is 5.22. The van der Waals surface area contributed by atoms with Crippen molar-refractivity contribution in [3.05, 3.63) is 184 Å². The Bertz CT molecular complexity index is 2300. The normalized spacial score (nSPS) is 17.6. The van der Waals surface area contributed by atoms with Crippen LogP contribution in [-0.2, 0) is 10.8 Å². The Balaban J connectivity index is 1.28. The van der Waals surface area contributed by atoms with Gasteiger partial charge in [-0.05, 0) is 111 Å². The highest BCUT2D eigenvalue weighted by molar-refractivity contribution is 8.03. The van der Waals surface area contributed by atoms with E-state index in [0.717, 1.165) is 30.4 Å². The number of fused-ring (bicyclic) bond motifs is 4. The summed E-state index contributed by atoms with van der Waals surface area (Å²) in [5.41, 5.74) is 11.4. The molecule has 0 bridgehead atoms. The zero-order chi connectivity index (χ0) is 35.9. The summed E-state index contributed by atoms with van der Waals surface area (Å²) in [5.74, 6) is 0. The van der Waals surface area contributed by atoms with Crippen molar-refractivity contribution in [3.8, 4) is 0 Å². The zero-order valence-corrected chi connectivity index (χ0v) is 31.8. The Morgan fingerprint density at radius 2 is 1.49 bits per heavy atom. The fraction of sp³-hybridized carbons (Fsp3) is 0.224. The van der Waals surface area contributed by atoms with Crippen LogP contribution in [0.2, 0.25) is 0 Å². The van der Waals surface area contributed by atoms with Crippen molar-refractivity contribution in [2.24, 2.45) is 0 Å². The quantitative estimate of drug-likeness (QED) is 0.150. The van der Waals surface area contributed by atoms with Gasteiger partial charge in [-0.1, -0.05) is 156 Å². The fourth-order valence-electron chi connectivity index (χ4n) is 8.29. The topological polar surface area (TPSA) is 3.24 Å². The second kappa shape index (κ2) is 13.7. The van der Waals surface area contributed by atoms with Crippen LogP contribution in [0.4, 0.5) is 5.69 Å². The van der Waals surface area contributed by atoms with Crippen LogP contribution in [-0.4, -0.2) is 7.05 Å². The molecule has 1 aliphatic heterocycles. The summed E-state index contributed by atoms with van der Waals surface area (Å²) in [6.45, 7) is 20.3. The van der Waals surface area contributed by atoms with Crippen LogP contribution >= 0.6 is 11.8 Å². The van der Waals surface area contributed by atoms with Crippen molar-refractivity contribution in [1.29, 1.82) is 0 Å². The number of hydrogen-bond donors (Lipinski definition) is 0. The second-order valence-corrected chi connectivity index (χ2v) is 16.2. The average Bonchev–Trinajstić information content (AvgIpc) is 3.33. The van der Waals surface area contributed by atoms with E-state index in [1.807, 2.05) is 17.8 Å². The molecule has 5 aromatic carbocycles. The van der Waals surface area contributed by atoms with Gasteiger partial charge in [-0.3, -0.25) is 0 Å². The standard InChI is InChI=1S/C49H49NS/c1-9-35-23-29-40(30-24-35)51-47-38(26-22-34(3)48(4,5)45-33(2)21-25-36-15-10-12-19-41(36)45)17-14-18-39(47)28-32-44-49(6,7)46-42-20-13-11-16-37(42)27-31-43(46)50(44)8/h9-13,15-16,19-32H,1,3,14,17-18H2,2,4-8H3/b26-22+,39-28+,44-32-. The lowest BCUT2D eigenvalue weighted by Crippen LogP contribution is -2.22. The van der Waals surface area contributed by atoms with Crippen molar-refractivity contribution in [2.45, 2.75) is 69.6 Å². The van der Waals surface area contributed by atoms with Gasteiger partial charge >= 0.3 is 0 Å². The number of aryl methyl sites for hydroxylation is 1. The van der Waals surface area contributed by atoms with E-state index in [4.69, 9.17) is 0 Å². The van der Waals surface area contributed by atoms with E-state index in [1.54, 1.807) is 0 Å². The predicted molar refractivity (Wildman–Crippen MR) is 225 cm³/mol. The molecule has 0 saturated carbocycles. The molecule has 0 fully saturated rings. The van der Waals surface area contributed by atoms with Crippen LogP contribution < -0.4 is 4.90 Å². The molecule has 1 heterocycles. The van der Waals surface area contributed by atoms with Gasteiger partial charge in [-0.2, -0.15) is 0 Å². The number of benzene rings is 5. The maximum Gasteiger partial charge on any atom is 0.0454 e. The third kappa shape index (κ3) is 6.36. The Hall–Kier alpha value is -4.79. The molecule has 2 aliphatic rings. The molecular formula is C49H49NS. The average molecular weight is 684 g/mol. The van der Waals surface area contributed by atoms with E-state index >= 15 is 0 Å². The third-order valence-electron chi connectivity index (χ3n) is 11.2. The van der Waals surface area contributed by atoms with Gasteiger partial charge in [-0.15, -0.1) is 0 Å². The SMILES string of the molecule is C=Cc1ccc(SC2=C(/C=C/C(=C)C(C)(C)c3c(C)ccc4ccccc34)CCC/C2=C\C=C2/N(C)c3ccc4ccccc4c3C2(C)C)cc1. The van der Waals surface area contributed by atoms with Crippen LogP contribution in [0.25, 0.3) is 27.6 Å². The monoisotopic (exact) mass is 683 g/mol. The first kappa shape index (κ1) is 34.6. The van der Waals surface area contributed by atoms with Gasteiger partial charge in [0, 0.05) is 39.1 Å². The third-order valence-corrected chi connectivity index (χ3v) is 12.4. The van der Waals surface area contributed by atoms with Crippen LogP contribution in [0, 0.1) is 6.92 Å². The molecule has 0 saturated heterocycles. The molecule has 0 spiro atoms. The summed E-state index contributed by atoms with van der Waals surface area (Å²) >= 11 is 1.89. The minimum absolute atomic E-state index is 0.125.